The molecule has 3 rings (SSSR count). The Balaban J connectivity index is 1.42. The molecule has 4 unspecified atom stereocenters. The Morgan fingerprint density at radius 3 is 2.49 bits per heavy atom. The molecule has 1 aliphatic carbocycles. The number of hydrogen-bond donors (Lipinski definition) is 2. The second kappa shape index (κ2) is 15.6. The van der Waals surface area contributed by atoms with Crippen LogP contribution in [0.4, 0.5) is 4.39 Å². The number of aliphatic hydroxyl groups is 1. The second-order valence-corrected chi connectivity index (χ2v) is 14.3. The number of carbonyl (C=O) groups excluding carboxylic acids is 1. The molecule has 1 aromatic rings. The molecule has 2 aliphatic rings. The minimum absolute atomic E-state index is 0.0368. The van der Waals surface area contributed by atoms with E-state index in [0.29, 0.717) is 23.5 Å². The summed E-state index contributed by atoms with van der Waals surface area (Å²) in [6, 6.07) is 4.48. The van der Waals surface area contributed by atoms with Crippen molar-refractivity contribution in [2.75, 3.05) is 31.7 Å². The van der Waals surface area contributed by atoms with Gasteiger partial charge in [0.25, 0.3) is 0 Å². The minimum Gasteiger partial charge on any atom is -0.505 e. The normalized spacial score (nSPS) is 24.1. The fourth-order valence-electron chi connectivity index (χ4n) is 6.34. The van der Waals surface area contributed by atoms with Crippen LogP contribution in [-0.4, -0.2) is 62.5 Å². The van der Waals surface area contributed by atoms with Crippen LogP contribution in [0.25, 0.3) is 0 Å². The van der Waals surface area contributed by atoms with Gasteiger partial charge in [-0.1, -0.05) is 43.9 Å². The van der Waals surface area contributed by atoms with Crippen LogP contribution in [0.3, 0.4) is 0 Å². The van der Waals surface area contributed by atoms with Crippen LogP contribution in [0.2, 0.25) is 0 Å². The number of phenols is 1. The van der Waals surface area contributed by atoms with E-state index < -0.39 is 22.2 Å². The van der Waals surface area contributed by atoms with Gasteiger partial charge in [0.15, 0.2) is 11.6 Å². The summed E-state index contributed by atoms with van der Waals surface area (Å²) in [6.07, 6.45) is 12.7. The van der Waals surface area contributed by atoms with E-state index in [9.17, 15) is 23.6 Å². The molecule has 2 bridgehead atoms. The van der Waals surface area contributed by atoms with Crippen LogP contribution in [0.1, 0.15) is 109 Å². The number of allylic oxidation sites excluding steroid dienone is 1. The maximum atomic E-state index is 14.3. The number of aliphatic hydroxyl groups excluding tert-OH is 1. The zero-order valence-electron chi connectivity index (χ0n) is 25.6. The molecule has 6 nitrogen and oxygen atoms in total. The van der Waals surface area contributed by atoms with Gasteiger partial charge in [-0.3, -0.25) is 9.00 Å². The lowest BCUT2D eigenvalue weighted by atomic mass is 9.58. The molecule has 1 heterocycles. The standard InChI is InChI=1S/C33H52FNO5S/c1-5-6-19-35(4)30(38)14-10-8-12-21-41(39)20-11-7-9-13-25-17-18-33(24-36)23-27(25)31(40-32(33,2)3)26-15-16-29(37)28(34)22-26/h15-17,22,27,31,36-37H,5-14,18-21,23-24H2,1-4H3. The number of fused-ring (bicyclic) bond motifs is 2. The smallest absolute Gasteiger partial charge is 0.222 e. The SMILES string of the molecule is CCCCN(C)C(=O)CCCCCS(=O)CCCCCC1=CCC2(CO)CC1C(c1ccc(O)c(F)c1)OC2(C)C. The Bertz CT molecular complexity index is 1060. The number of rotatable bonds is 17. The van der Waals surface area contributed by atoms with Gasteiger partial charge >= 0.3 is 0 Å². The van der Waals surface area contributed by atoms with Gasteiger partial charge in [0.2, 0.25) is 5.91 Å². The highest BCUT2D eigenvalue weighted by Gasteiger charge is 2.55. The first kappa shape index (κ1) is 33.7. The maximum Gasteiger partial charge on any atom is 0.222 e. The predicted molar refractivity (Wildman–Crippen MR) is 164 cm³/mol. The van der Waals surface area contributed by atoms with Gasteiger partial charge in [0.1, 0.15) is 0 Å². The Morgan fingerprint density at radius 1 is 1.12 bits per heavy atom. The number of phenolic OH excluding ortho intramolecular Hbond substituents is 1. The molecule has 1 aromatic carbocycles. The molecule has 1 saturated heterocycles. The molecule has 8 heteroatoms. The summed E-state index contributed by atoms with van der Waals surface area (Å²) < 4.78 is 33.3. The molecule has 1 fully saturated rings. The molecular weight excluding hydrogens is 541 g/mol. The van der Waals surface area contributed by atoms with Gasteiger partial charge < -0.3 is 19.8 Å². The summed E-state index contributed by atoms with van der Waals surface area (Å²) in [5, 5.41) is 20.1. The van der Waals surface area contributed by atoms with Gasteiger partial charge in [0, 0.05) is 53.7 Å². The summed E-state index contributed by atoms with van der Waals surface area (Å²) in [7, 11) is 1.05. The average Bonchev–Trinajstić information content (AvgIpc) is 2.95. The van der Waals surface area contributed by atoms with E-state index in [0.717, 1.165) is 77.2 Å². The first-order valence-corrected chi connectivity index (χ1v) is 17.1. The molecule has 4 atom stereocenters. The number of unbranched alkanes of at least 4 members (excludes halogenated alkanes) is 5. The third-order valence-electron chi connectivity index (χ3n) is 9.38. The Kier molecular flexibility index (Phi) is 12.9. The second-order valence-electron chi connectivity index (χ2n) is 12.6. The first-order valence-electron chi connectivity index (χ1n) is 15.6. The predicted octanol–water partition coefficient (Wildman–Crippen LogP) is 6.82. The number of halogens is 1. The van der Waals surface area contributed by atoms with E-state index in [-0.39, 0.29) is 35.7 Å². The highest BCUT2D eigenvalue weighted by Crippen LogP contribution is 2.58. The quantitative estimate of drug-likeness (QED) is 0.153. The fourth-order valence-corrected chi connectivity index (χ4v) is 7.59. The molecular formula is C33H52FNO5S. The first-order chi connectivity index (χ1) is 19.5. The molecule has 0 spiro atoms. The highest BCUT2D eigenvalue weighted by molar-refractivity contribution is 7.84. The fraction of sp³-hybridized carbons (Fsp3) is 0.727. The Morgan fingerprint density at radius 2 is 1.83 bits per heavy atom. The van der Waals surface area contributed by atoms with Crippen molar-refractivity contribution in [1.29, 1.82) is 0 Å². The summed E-state index contributed by atoms with van der Waals surface area (Å²) >= 11 is 0. The van der Waals surface area contributed by atoms with Crippen molar-refractivity contribution in [2.24, 2.45) is 11.3 Å². The molecule has 0 aromatic heterocycles. The molecule has 0 saturated carbocycles. The van der Waals surface area contributed by atoms with E-state index in [1.54, 1.807) is 6.07 Å². The van der Waals surface area contributed by atoms with Gasteiger partial charge in [-0.2, -0.15) is 0 Å². The molecule has 232 valence electrons. The van der Waals surface area contributed by atoms with Crippen molar-refractivity contribution in [1.82, 2.24) is 4.90 Å². The van der Waals surface area contributed by atoms with Crippen molar-refractivity contribution in [2.45, 2.75) is 110 Å². The van der Waals surface area contributed by atoms with Gasteiger partial charge in [-0.25, -0.2) is 4.39 Å². The maximum absolute atomic E-state index is 14.3. The number of nitrogens with zero attached hydrogens (tertiary/aromatic N) is 1. The van der Waals surface area contributed by atoms with Crippen LogP contribution < -0.4 is 0 Å². The lowest BCUT2D eigenvalue weighted by molar-refractivity contribution is -0.223. The molecule has 1 aliphatic heterocycles. The van der Waals surface area contributed by atoms with E-state index >= 15 is 0 Å². The van der Waals surface area contributed by atoms with Crippen LogP contribution in [0.15, 0.2) is 29.8 Å². The number of benzene rings is 1. The minimum atomic E-state index is -0.824. The van der Waals surface area contributed by atoms with Gasteiger partial charge in [-0.05, 0) is 82.9 Å². The summed E-state index contributed by atoms with van der Waals surface area (Å²) in [4.78, 5) is 13.9. The topological polar surface area (TPSA) is 87.1 Å². The van der Waals surface area contributed by atoms with E-state index in [1.165, 1.54) is 17.7 Å². The lowest BCUT2D eigenvalue weighted by Crippen LogP contribution is -2.56. The zero-order valence-corrected chi connectivity index (χ0v) is 26.4. The Hall–Kier alpha value is -1.77. The number of amides is 1. The zero-order chi connectivity index (χ0) is 30.0. The lowest BCUT2D eigenvalue weighted by Gasteiger charge is -2.57. The average molecular weight is 594 g/mol. The number of carbonyl (C=O) groups is 1. The van der Waals surface area contributed by atoms with Crippen molar-refractivity contribution >= 4 is 16.7 Å². The summed E-state index contributed by atoms with van der Waals surface area (Å²) in [6.45, 7) is 7.00. The number of ether oxygens (including phenoxy) is 1. The van der Waals surface area contributed by atoms with Crippen molar-refractivity contribution in [3.8, 4) is 5.75 Å². The van der Waals surface area contributed by atoms with Crippen LogP contribution in [0.5, 0.6) is 5.75 Å². The molecule has 41 heavy (non-hydrogen) atoms. The van der Waals surface area contributed by atoms with Gasteiger partial charge in [-0.15, -0.1) is 0 Å². The van der Waals surface area contributed by atoms with Crippen LogP contribution in [-0.2, 0) is 20.3 Å². The van der Waals surface area contributed by atoms with Crippen molar-refractivity contribution < 1.29 is 28.3 Å². The van der Waals surface area contributed by atoms with Crippen LogP contribution >= 0.6 is 0 Å². The highest BCUT2D eigenvalue weighted by atomic mass is 32.2. The molecule has 1 amide bonds. The van der Waals surface area contributed by atoms with Crippen molar-refractivity contribution in [3.05, 3.63) is 41.2 Å². The van der Waals surface area contributed by atoms with Crippen molar-refractivity contribution in [3.63, 3.8) is 0 Å². The monoisotopic (exact) mass is 593 g/mol. The largest absolute Gasteiger partial charge is 0.505 e. The summed E-state index contributed by atoms with van der Waals surface area (Å²) in [5.41, 5.74) is 1.05. The number of hydrogen-bond acceptors (Lipinski definition) is 5. The third-order valence-corrected chi connectivity index (χ3v) is 10.9. The third kappa shape index (κ3) is 8.87. The van der Waals surface area contributed by atoms with E-state index in [4.69, 9.17) is 4.74 Å². The molecule has 0 radical (unpaired) electrons. The Labute approximate surface area is 249 Å². The molecule has 2 N–H and O–H groups in total. The number of aromatic hydroxyl groups is 1. The summed E-state index contributed by atoms with van der Waals surface area (Å²) in [5.74, 6) is 0.641. The van der Waals surface area contributed by atoms with Crippen LogP contribution in [0, 0.1) is 17.2 Å². The van der Waals surface area contributed by atoms with E-state index in [2.05, 4.69) is 13.0 Å². The van der Waals surface area contributed by atoms with Gasteiger partial charge in [0.05, 0.1) is 18.3 Å². The van der Waals surface area contributed by atoms with E-state index in [1.807, 2.05) is 25.8 Å².